The number of nitrogens with zero attached hydrogens (tertiary/aromatic N) is 2. The second-order valence-corrected chi connectivity index (χ2v) is 7.18. The zero-order valence-electron chi connectivity index (χ0n) is 14.9. The molecule has 3 rings (SSSR count). The molecule has 1 aromatic carbocycles. The molecule has 0 radical (unpaired) electrons. The van der Waals surface area contributed by atoms with Gasteiger partial charge in [0.15, 0.2) is 11.5 Å². The van der Waals surface area contributed by atoms with Crippen molar-refractivity contribution in [2.45, 2.75) is 19.1 Å². The summed E-state index contributed by atoms with van der Waals surface area (Å²) < 4.78 is 17.2. The Kier molecular flexibility index (Phi) is 6.58. The van der Waals surface area contributed by atoms with E-state index in [-0.39, 0.29) is 12.6 Å². The van der Waals surface area contributed by atoms with E-state index in [4.69, 9.17) is 30.9 Å². The molecular weight excluding hydrogens is 360 g/mol. The van der Waals surface area contributed by atoms with Crippen molar-refractivity contribution in [3.63, 3.8) is 0 Å². The fourth-order valence-corrected chi connectivity index (χ4v) is 3.60. The quantitative estimate of drug-likeness (QED) is 0.800. The van der Waals surface area contributed by atoms with Crippen LogP contribution in [0, 0.1) is 0 Å². The first-order chi connectivity index (χ1) is 12.5. The number of hydrogen-bond acceptors (Lipinski definition) is 6. The van der Waals surface area contributed by atoms with Gasteiger partial charge in [-0.25, -0.2) is 0 Å². The molecule has 1 N–H and O–H groups in total. The first kappa shape index (κ1) is 19.2. The molecule has 26 heavy (non-hydrogen) atoms. The van der Waals surface area contributed by atoms with Crippen LogP contribution in [0.5, 0.6) is 11.5 Å². The molecule has 144 valence electrons. The summed E-state index contributed by atoms with van der Waals surface area (Å²) in [5.74, 6) is 0.501. The zero-order valence-corrected chi connectivity index (χ0v) is 15.7. The van der Waals surface area contributed by atoms with Crippen LogP contribution >= 0.6 is 11.6 Å². The maximum Gasteiger partial charge on any atom is 0.317 e. The highest BCUT2D eigenvalue weighted by Crippen LogP contribution is 2.38. The number of benzene rings is 1. The summed E-state index contributed by atoms with van der Waals surface area (Å²) in [6, 6.07) is 3.92. The van der Waals surface area contributed by atoms with Gasteiger partial charge in [-0.05, 0) is 24.7 Å². The molecule has 2 heterocycles. The van der Waals surface area contributed by atoms with E-state index in [2.05, 4.69) is 4.90 Å². The molecule has 1 unspecified atom stereocenters. The molecule has 0 bridgehead atoms. The number of hydrogen-bond donors (Lipinski definition) is 1. The SMILES string of the molecule is CN(CC(=O)O)CC1CN(Cc2cc(Cl)c3c(c2)OCCCO3)CCO1. The number of likely N-dealkylation sites (N-methyl/N-ethyl adjacent to an activating group) is 1. The minimum atomic E-state index is -0.831. The molecular formula is C18H25ClN2O5. The van der Waals surface area contributed by atoms with Crippen molar-refractivity contribution in [1.29, 1.82) is 0 Å². The maximum absolute atomic E-state index is 10.8. The minimum absolute atomic E-state index is 0.0102. The number of halogens is 1. The average Bonchev–Trinajstić information content (AvgIpc) is 2.80. The Bertz CT molecular complexity index is 642. The summed E-state index contributed by atoms with van der Waals surface area (Å²) in [6.07, 6.45) is 0.832. The molecule has 0 aromatic heterocycles. The fourth-order valence-electron chi connectivity index (χ4n) is 3.31. The lowest BCUT2D eigenvalue weighted by molar-refractivity contribution is -0.138. The van der Waals surface area contributed by atoms with E-state index in [1.54, 1.807) is 11.9 Å². The Labute approximate surface area is 158 Å². The van der Waals surface area contributed by atoms with Gasteiger partial charge in [-0.2, -0.15) is 0 Å². The Morgan fingerprint density at radius 3 is 2.96 bits per heavy atom. The van der Waals surface area contributed by atoms with E-state index >= 15 is 0 Å². The van der Waals surface area contributed by atoms with Crippen LogP contribution in [0.2, 0.25) is 5.02 Å². The van der Waals surface area contributed by atoms with Crippen molar-refractivity contribution in [2.24, 2.45) is 0 Å². The smallest absolute Gasteiger partial charge is 0.317 e. The lowest BCUT2D eigenvalue weighted by Crippen LogP contribution is -2.47. The number of morpholine rings is 1. The number of carbonyl (C=O) groups is 1. The molecule has 0 saturated carbocycles. The van der Waals surface area contributed by atoms with Crippen LogP contribution < -0.4 is 9.47 Å². The van der Waals surface area contributed by atoms with Gasteiger partial charge in [-0.1, -0.05) is 11.6 Å². The maximum atomic E-state index is 10.8. The first-order valence-corrected chi connectivity index (χ1v) is 9.21. The highest BCUT2D eigenvalue weighted by atomic mass is 35.5. The van der Waals surface area contributed by atoms with E-state index < -0.39 is 5.97 Å². The topological polar surface area (TPSA) is 71.5 Å². The predicted octanol–water partition coefficient (Wildman–Crippen LogP) is 1.72. The third kappa shape index (κ3) is 5.23. The molecule has 8 heteroatoms. The van der Waals surface area contributed by atoms with Crippen molar-refractivity contribution >= 4 is 17.6 Å². The minimum Gasteiger partial charge on any atom is -0.489 e. The molecule has 1 atom stereocenters. The number of aliphatic carboxylic acids is 1. The van der Waals surface area contributed by atoms with Crippen molar-refractivity contribution in [1.82, 2.24) is 9.80 Å². The number of carboxylic acid groups (broad SMARTS) is 1. The molecule has 0 aliphatic carbocycles. The normalized spacial score (nSPS) is 20.8. The van der Waals surface area contributed by atoms with Gasteiger partial charge in [0.2, 0.25) is 0 Å². The van der Waals surface area contributed by atoms with Crippen LogP contribution in [-0.4, -0.2) is 80.0 Å². The average molecular weight is 385 g/mol. The van der Waals surface area contributed by atoms with Crippen molar-refractivity contribution in [3.8, 4) is 11.5 Å². The summed E-state index contributed by atoms with van der Waals surface area (Å²) in [7, 11) is 1.79. The van der Waals surface area contributed by atoms with E-state index in [1.165, 1.54) is 0 Å². The Hall–Kier alpha value is -1.54. The van der Waals surface area contributed by atoms with Crippen LogP contribution in [0.1, 0.15) is 12.0 Å². The Balaban J connectivity index is 1.60. The number of carboxylic acids is 1. The van der Waals surface area contributed by atoms with Crippen LogP contribution in [-0.2, 0) is 16.1 Å². The van der Waals surface area contributed by atoms with E-state index in [1.807, 2.05) is 12.1 Å². The molecule has 0 spiro atoms. The molecule has 7 nitrogen and oxygen atoms in total. The molecule has 2 aliphatic heterocycles. The third-order valence-electron chi connectivity index (χ3n) is 4.41. The highest BCUT2D eigenvalue weighted by molar-refractivity contribution is 6.32. The van der Waals surface area contributed by atoms with Crippen molar-refractivity contribution < 1.29 is 24.1 Å². The molecule has 2 aliphatic rings. The summed E-state index contributed by atoms with van der Waals surface area (Å²) in [5, 5.41) is 9.45. The lowest BCUT2D eigenvalue weighted by Gasteiger charge is -2.34. The van der Waals surface area contributed by atoms with Gasteiger partial charge in [-0.3, -0.25) is 14.6 Å². The molecule has 1 fully saturated rings. The van der Waals surface area contributed by atoms with E-state index in [9.17, 15) is 4.79 Å². The summed E-state index contributed by atoms with van der Waals surface area (Å²) in [5.41, 5.74) is 1.07. The largest absolute Gasteiger partial charge is 0.489 e. The lowest BCUT2D eigenvalue weighted by atomic mass is 10.1. The van der Waals surface area contributed by atoms with E-state index in [0.717, 1.165) is 31.6 Å². The van der Waals surface area contributed by atoms with Crippen LogP contribution in [0.25, 0.3) is 0 Å². The molecule has 0 amide bonds. The molecule has 1 aromatic rings. The van der Waals surface area contributed by atoms with E-state index in [0.29, 0.717) is 42.9 Å². The van der Waals surface area contributed by atoms with Crippen LogP contribution in [0.4, 0.5) is 0 Å². The van der Waals surface area contributed by atoms with Crippen molar-refractivity contribution in [3.05, 3.63) is 22.7 Å². The number of ether oxygens (including phenoxy) is 3. The fraction of sp³-hybridized carbons (Fsp3) is 0.611. The van der Waals surface area contributed by atoms with Gasteiger partial charge in [0, 0.05) is 32.6 Å². The summed E-state index contributed by atoms with van der Waals surface area (Å²) in [6.45, 7) is 4.77. The highest BCUT2D eigenvalue weighted by Gasteiger charge is 2.23. The monoisotopic (exact) mass is 384 g/mol. The van der Waals surface area contributed by atoms with Gasteiger partial charge >= 0.3 is 5.97 Å². The number of rotatable bonds is 6. The summed E-state index contributed by atoms with van der Waals surface area (Å²) in [4.78, 5) is 14.9. The van der Waals surface area contributed by atoms with Crippen LogP contribution in [0.15, 0.2) is 12.1 Å². The van der Waals surface area contributed by atoms with Crippen LogP contribution in [0.3, 0.4) is 0 Å². The van der Waals surface area contributed by atoms with Gasteiger partial charge < -0.3 is 19.3 Å². The second-order valence-electron chi connectivity index (χ2n) is 6.77. The van der Waals surface area contributed by atoms with Crippen molar-refractivity contribution in [2.75, 3.05) is 53.0 Å². The Morgan fingerprint density at radius 2 is 2.15 bits per heavy atom. The second kappa shape index (κ2) is 8.90. The van der Waals surface area contributed by atoms with Gasteiger partial charge in [0.1, 0.15) is 0 Å². The van der Waals surface area contributed by atoms with Gasteiger partial charge in [0.05, 0.1) is 37.5 Å². The first-order valence-electron chi connectivity index (χ1n) is 8.83. The summed E-state index contributed by atoms with van der Waals surface area (Å²) >= 11 is 6.37. The molecule has 1 saturated heterocycles. The Morgan fingerprint density at radius 1 is 1.35 bits per heavy atom. The van der Waals surface area contributed by atoms with Gasteiger partial charge in [-0.15, -0.1) is 0 Å². The zero-order chi connectivity index (χ0) is 18.5. The predicted molar refractivity (Wildman–Crippen MR) is 97.2 cm³/mol. The third-order valence-corrected chi connectivity index (χ3v) is 4.69. The van der Waals surface area contributed by atoms with Gasteiger partial charge in [0.25, 0.3) is 0 Å². The standard InChI is InChI=1S/C18H25ClN2O5/c1-20(12-17(22)23)10-14-11-21(3-6-24-14)9-13-7-15(19)18-16(8-13)25-4-2-5-26-18/h7-8,14H,2-6,9-12H2,1H3,(H,22,23). The number of fused-ring (bicyclic) bond motifs is 1.